The second kappa shape index (κ2) is 8.80. The van der Waals surface area contributed by atoms with Gasteiger partial charge in [-0.2, -0.15) is 0 Å². The Morgan fingerprint density at radius 3 is 2.70 bits per heavy atom. The molecule has 0 fully saturated rings. The van der Waals surface area contributed by atoms with Crippen LogP contribution in [0.4, 0.5) is 15.0 Å². The topological polar surface area (TPSA) is 111 Å². The van der Waals surface area contributed by atoms with Crippen LogP contribution in [0, 0.1) is 15.9 Å². The second-order valence-corrected chi connectivity index (χ2v) is 7.58. The van der Waals surface area contributed by atoms with E-state index in [1.54, 1.807) is 12.1 Å². The molecule has 0 saturated carbocycles. The molecule has 1 aliphatic rings. The van der Waals surface area contributed by atoms with E-state index in [9.17, 15) is 24.4 Å². The minimum atomic E-state index is -1.52. The Morgan fingerprint density at radius 2 is 2.13 bits per heavy atom. The maximum Gasteiger partial charge on any atom is 0.410 e. The summed E-state index contributed by atoms with van der Waals surface area (Å²) in [6.45, 7) is 1.69. The normalized spacial score (nSPS) is 16.0. The zero-order valence-corrected chi connectivity index (χ0v) is 16.9. The van der Waals surface area contributed by atoms with E-state index in [-0.39, 0.29) is 24.3 Å². The predicted molar refractivity (Wildman–Crippen MR) is 106 cm³/mol. The van der Waals surface area contributed by atoms with Gasteiger partial charge in [0.1, 0.15) is 24.2 Å². The summed E-state index contributed by atoms with van der Waals surface area (Å²) in [4.78, 5) is 27.5. The molecule has 1 N–H and O–H groups in total. The van der Waals surface area contributed by atoms with Crippen molar-refractivity contribution in [3.8, 4) is 0 Å². The Morgan fingerprint density at radius 1 is 1.43 bits per heavy atom. The van der Waals surface area contributed by atoms with Gasteiger partial charge >= 0.3 is 17.2 Å². The first-order valence-corrected chi connectivity index (χ1v) is 9.48. The maximum atomic E-state index is 13.0. The van der Waals surface area contributed by atoms with Crippen molar-refractivity contribution in [1.82, 2.24) is 14.5 Å². The monoisotopic (exact) mass is 438 g/mol. The summed E-state index contributed by atoms with van der Waals surface area (Å²) < 4.78 is 19.5. The van der Waals surface area contributed by atoms with Crippen LogP contribution in [0.15, 0.2) is 36.5 Å². The lowest BCUT2D eigenvalue weighted by Gasteiger charge is -2.28. The molecule has 2 heterocycles. The van der Waals surface area contributed by atoms with Crippen molar-refractivity contribution < 1.29 is 24.0 Å². The molecule has 9 nitrogen and oxygen atoms in total. The number of nitro groups is 1. The summed E-state index contributed by atoms with van der Waals surface area (Å²) >= 11 is 5.85. The molecule has 0 aliphatic carbocycles. The van der Waals surface area contributed by atoms with Crippen LogP contribution < -0.4 is 0 Å². The Labute approximate surface area is 176 Å². The Bertz CT molecular complexity index is 974. The SMILES string of the molecule is C[C@](O)(COC(=O)N1CC=C(c2ccc(F)cc2)CC1)Cn1cc([N+](=O)[O-])nc1Cl. The zero-order valence-electron chi connectivity index (χ0n) is 16.1. The van der Waals surface area contributed by atoms with Gasteiger partial charge in [-0.05, 0) is 58.1 Å². The van der Waals surface area contributed by atoms with Crippen LogP contribution in [0.2, 0.25) is 5.28 Å². The summed E-state index contributed by atoms with van der Waals surface area (Å²) in [5.41, 5.74) is 0.403. The number of amides is 1. The quantitative estimate of drug-likeness (QED) is 0.547. The molecule has 2 aromatic rings. The number of ether oxygens (including phenoxy) is 1. The first-order chi connectivity index (χ1) is 14.1. The van der Waals surface area contributed by atoms with Crippen molar-refractivity contribution in [1.29, 1.82) is 0 Å². The highest BCUT2D eigenvalue weighted by atomic mass is 35.5. The molecular formula is C19H20ClFN4O5. The molecule has 1 atom stereocenters. The Kier molecular flexibility index (Phi) is 6.37. The third kappa shape index (κ3) is 5.33. The van der Waals surface area contributed by atoms with Gasteiger partial charge in [0.15, 0.2) is 0 Å². The van der Waals surface area contributed by atoms with Gasteiger partial charge in [0.05, 0.1) is 6.54 Å². The van der Waals surface area contributed by atoms with Crippen molar-refractivity contribution in [2.75, 3.05) is 19.7 Å². The van der Waals surface area contributed by atoms with Crippen molar-refractivity contribution in [3.05, 3.63) is 63.3 Å². The van der Waals surface area contributed by atoms with Crippen LogP contribution in [0.3, 0.4) is 0 Å². The van der Waals surface area contributed by atoms with Crippen molar-refractivity contribution in [2.45, 2.75) is 25.5 Å². The van der Waals surface area contributed by atoms with Gasteiger partial charge < -0.3 is 24.9 Å². The second-order valence-electron chi connectivity index (χ2n) is 7.24. The molecule has 3 rings (SSSR count). The van der Waals surface area contributed by atoms with Crippen LogP contribution in [0.5, 0.6) is 0 Å². The lowest BCUT2D eigenvalue weighted by Crippen LogP contribution is -2.41. The average molecular weight is 439 g/mol. The van der Waals surface area contributed by atoms with Crippen molar-refractivity contribution in [2.24, 2.45) is 0 Å². The molecule has 1 amide bonds. The van der Waals surface area contributed by atoms with E-state index >= 15 is 0 Å². The first kappa shape index (κ1) is 21.7. The number of aromatic nitrogens is 2. The van der Waals surface area contributed by atoms with E-state index in [0.717, 1.165) is 17.3 Å². The van der Waals surface area contributed by atoms with Gasteiger partial charge in [0.2, 0.25) is 0 Å². The van der Waals surface area contributed by atoms with Crippen LogP contribution in [-0.4, -0.2) is 55.9 Å². The van der Waals surface area contributed by atoms with Gasteiger partial charge in [-0.1, -0.05) is 18.2 Å². The van der Waals surface area contributed by atoms with Gasteiger partial charge in [-0.15, -0.1) is 0 Å². The van der Waals surface area contributed by atoms with E-state index in [1.807, 2.05) is 6.08 Å². The lowest BCUT2D eigenvalue weighted by atomic mass is 10.00. The van der Waals surface area contributed by atoms with Crippen LogP contribution in [0.25, 0.3) is 5.57 Å². The molecule has 0 unspecified atom stereocenters. The molecule has 0 bridgehead atoms. The fraction of sp³-hybridized carbons (Fsp3) is 0.368. The number of carbonyl (C=O) groups excluding carboxylic acids is 1. The van der Waals surface area contributed by atoms with E-state index in [1.165, 1.54) is 28.5 Å². The third-order valence-electron chi connectivity index (χ3n) is 4.60. The van der Waals surface area contributed by atoms with Crippen molar-refractivity contribution >= 4 is 29.1 Å². The molecular weight excluding hydrogens is 419 g/mol. The standard InChI is InChI=1S/C19H20ClFN4O5/c1-19(27,11-24-10-16(25(28)29)22-17(24)20)12-30-18(26)23-8-6-14(7-9-23)13-2-4-15(21)5-3-13/h2-6,10,27H,7-9,11-12H2,1H3/t19-/m1/s1. The van der Waals surface area contributed by atoms with Crippen molar-refractivity contribution in [3.63, 3.8) is 0 Å². The van der Waals surface area contributed by atoms with Crippen LogP contribution >= 0.6 is 11.6 Å². The fourth-order valence-electron chi connectivity index (χ4n) is 3.06. The zero-order chi connectivity index (χ0) is 21.9. The molecule has 1 aromatic carbocycles. The molecule has 30 heavy (non-hydrogen) atoms. The van der Waals surface area contributed by atoms with Gasteiger partial charge in [-0.3, -0.25) is 4.57 Å². The molecule has 1 aliphatic heterocycles. The minimum absolute atomic E-state index is 0.144. The van der Waals surface area contributed by atoms with Gasteiger partial charge in [0.25, 0.3) is 0 Å². The smallest absolute Gasteiger partial charge is 0.410 e. The number of carbonyl (C=O) groups is 1. The predicted octanol–water partition coefficient (Wildman–Crippen LogP) is 3.26. The summed E-state index contributed by atoms with van der Waals surface area (Å²) in [5.74, 6) is -0.746. The summed E-state index contributed by atoms with van der Waals surface area (Å²) in [6, 6.07) is 6.16. The lowest BCUT2D eigenvalue weighted by molar-refractivity contribution is -0.389. The number of benzene rings is 1. The molecule has 0 spiro atoms. The Hall–Kier alpha value is -2.98. The molecule has 0 radical (unpaired) electrons. The number of aliphatic hydroxyl groups is 1. The maximum absolute atomic E-state index is 13.0. The van der Waals surface area contributed by atoms with E-state index in [4.69, 9.17) is 16.3 Å². The molecule has 11 heteroatoms. The summed E-state index contributed by atoms with van der Waals surface area (Å²) in [7, 11) is 0. The Balaban J connectivity index is 1.53. The average Bonchev–Trinajstić information content (AvgIpc) is 3.07. The van der Waals surface area contributed by atoms with E-state index < -0.39 is 22.4 Å². The molecule has 0 saturated heterocycles. The number of hydrogen-bond donors (Lipinski definition) is 1. The fourth-order valence-corrected chi connectivity index (χ4v) is 3.26. The van der Waals surface area contributed by atoms with Crippen LogP contribution in [0.1, 0.15) is 18.9 Å². The number of nitrogens with zero attached hydrogens (tertiary/aromatic N) is 4. The van der Waals surface area contributed by atoms with E-state index in [0.29, 0.717) is 19.5 Å². The minimum Gasteiger partial charge on any atom is -0.446 e. The van der Waals surface area contributed by atoms with Gasteiger partial charge in [0, 0.05) is 13.1 Å². The summed E-state index contributed by atoms with van der Waals surface area (Å²) in [5, 5.41) is 21.1. The highest BCUT2D eigenvalue weighted by molar-refractivity contribution is 6.28. The third-order valence-corrected chi connectivity index (χ3v) is 4.90. The number of hydrogen-bond acceptors (Lipinski definition) is 6. The van der Waals surface area contributed by atoms with E-state index in [2.05, 4.69) is 4.98 Å². The molecule has 1 aromatic heterocycles. The van der Waals surface area contributed by atoms with Gasteiger partial charge in [-0.25, -0.2) is 9.18 Å². The van der Waals surface area contributed by atoms with Crippen LogP contribution in [-0.2, 0) is 11.3 Å². The highest BCUT2D eigenvalue weighted by Gasteiger charge is 2.29. The number of imidazole rings is 1. The first-order valence-electron chi connectivity index (χ1n) is 9.11. The number of rotatable bonds is 6. The highest BCUT2D eigenvalue weighted by Crippen LogP contribution is 2.23. The summed E-state index contributed by atoms with van der Waals surface area (Å²) in [6.07, 6.45) is 2.98. The molecule has 160 valence electrons. The number of halogens is 2. The largest absolute Gasteiger partial charge is 0.446 e.